The van der Waals surface area contributed by atoms with E-state index in [9.17, 15) is 4.79 Å². The van der Waals surface area contributed by atoms with E-state index >= 15 is 0 Å². The van der Waals surface area contributed by atoms with E-state index in [0.717, 1.165) is 65.9 Å². The van der Waals surface area contributed by atoms with Gasteiger partial charge in [-0.25, -0.2) is 0 Å². The Kier molecular flexibility index (Phi) is 9.21. The monoisotopic (exact) mass is 598 g/mol. The minimum absolute atomic E-state index is 0. The van der Waals surface area contributed by atoms with Crippen molar-refractivity contribution < 1.29 is 33.3 Å². The maximum Gasteiger partial charge on any atom is 0.226 e. The zero-order chi connectivity index (χ0) is 24.9. The highest BCUT2D eigenvalue weighted by molar-refractivity contribution is 5.80. The molecule has 0 aromatic carbocycles. The summed E-state index contributed by atoms with van der Waals surface area (Å²) in [5.41, 5.74) is 2.14. The second-order valence-corrected chi connectivity index (χ2v) is 14.7. The number of carbonyl (C=O) groups is 1. The largest absolute Gasteiger partial charge is 1.00 e. The molecule has 4 heteroatoms. The van der Waals surface area contributed by atoms with Gasteiger partial charge in [-0.15, -0.1) is 0 Å². The van der Waals surface area contributed by atoms with Crippen molar-refractivity contribution in [1.29, 1.82) is 0 Å². The van der Waals surface area contributed by atoms with Crippen LogP contribution in [0.25, 0.3) is 0 Å². The van der Waals surface area contributed by atoms with Crippen molar-refractivity contribution in [3.8, 4) is 0 Å². The van der Waals surface area contributed by atoms with Crippen molar-refractivity contribution in [2.75, 3.05) is 34.2 Å². The molecule has 0 N–H and O–H groups in total. The van der Waals surface area contributed by atoms with Crippen LogP contribution in [0, 0.1) is 46.3 Å². The Bertz CT molecular complexity index is 785. The summed E-state index contributed by atoms with van der Waals surface area (Å²) < 4.78 is 0.914. The molecule has 4 rings (SSSR count). The third kappa shape index (κ3) is 5.68. The SMILES string of the molecule is CC(C)CCC[C@@H](C)[C@H]1CC[C@H]2[C@@H]3CC=C4N(CC[N+](C)(C)C)C(=O)CC[C@]4(C)[C@H]3CC[C@]12C.[I-]. The van der Waals surface area contributed by atoms with Crippen LogP contribution in [-0.2, 0) is 4.79 Å². The summed E-state index contributed by atoms with van der Waals surface area (Å²) in [6, 6.07) is 0. The molecule has 2 saturated carbocycles. The van der Waals surface area contributed by atoms with Crippen molar-refractivity contribution in [3.05, 3.63) is 11.8 Å². The molecule has 3 nitrogen and oxygen atoms in total. The maximum atomic E-state index is 13.0. The average Bonchev–Trinajstić information content (AvgIpc) is 3.09. The summed E-state index contributed by atoms with van der Waals surface area (Å²) in [6.45, 7) is 14.4. The number of nitrogens with zero attached hydrogens (tertiary/aromatic N) is 2. The maximum absolute atomic E-state index is 13.0. The first-order valence-electron chi connectivity index (χ1n) is 14.7. The normalized spacial score (nSPS) is 37.8. The van der Waals surface area contributed by atoms with Gasteiger partial charge in [0.15, 0.2) is 0 Å². The Labute approximate surface area is 234 Å². The lowest BCUT2D eigenvalue weighted by molar-refractivity contribution is -0.869. The molecule has 0 radical (unpaired) electrons. The van der Waals surface area contributed by atoms with Crippen molar-refractivity contribution >= 4 is 5.91 Å². The van der Waals surface area contributed by atoms with E-state index < -0.39 is 0 Å². The fraction of sp³-hybridized carbons (Fsp3) is 0.903. The quantitative estimate of drug-likeness (QED) is 0.304. The minimum Gasteiger partial charge on any atom is -1.00 e. The third-order valence-corrected chi connectivity index (χ3v) is 11.1. The lowest BCUT2D eigenvalue weighted by atomic mass is 9.48. The van der Waals surface area contributed by atoms with Gasteiger partial charge >= 0.3 is 0 Å². The lowest BCUT2D eigenvalue weighted by Gasteiger charge is -2.59. The predicted octanol–water partition coefficient (Wildman–Crippen LogP) is 4.13. The molecule has 202 valence electrons. The Morgan fingerprint density at radius 1 is 1.03 bits per heavy atom. The Morgan fingerprint density at radius 2 is 1.74 bits per heavy atom. The van der Waals surface area contributed by atoms with Crippen LogP contribution in [0.1, 0.15) is 98.8 Å². The van der Waals surface area contributed by atoms with Crippen molar-refractivity contribution in [2.24, 2.45) is 46.3 Å². The van der Waals surface area contributed by atoms with Gasteiger partial charge in [0, 0.05) is 17.5 Å². The fourth-order valence-electron chi connectivity index (χ4n) is 9.12. The summed E-state index contributed by atoms with van der Waals surface area (Å²) in [7, 11) is 6.71. The molecule has 35 heavy (non-hydrogen) atoms. The topological polar surface area (TPSA) is 20.3 Å². The molecule has 0 aromatic heterocycles. The van der Waals surface area contributed by atoms with Gasteiger partial charge in [0.2, 0.25) is 5.91 Å². The van der Waals surface area contributed by atoms with Crippen LogP contribution in [-0.4, -0.2) is 49.5 Å². The molecule has 1 amide bonds. The van der Waals surface area contributed by atoms with E-state index in [-0.39, 0.29) is 29.4 Å². The molecule has 4 aliphatic rings. The summed E-state index contributed by atoms with van der Waals surface area (Å²) in [5, 5.41) is 0. The number of likely N-dealkylation sites (N-methyl/N-ethyl adjacent to an activating group) is 1. The number of hydrogen-bond donors (Lipinski definition) is 0. The Morgan fingerprint density at radius 3 is 2.40 bits per heavy atom. The van der Waals surface area contributed by atoms with Crippen LogP contribution >= 0.6 is 0 Å². The average molecular weight is 599 g/mol. The number of hydrogen-bond acceptors (Lipinski definition) is 1. The zero-order valence-electron chi connectivity index (χ0n) is 24.2. The van der Waals surface area contributed by atoms with E-state index in [1.54, 1.807) is 0 Å². The summed E-state index contributed by atoms with van der Waals surface area (Å²) in [5.74, 6) is 5.46. The fourth-order valence-corrected chi connectivity index (χ4v) is 9.12. The first kappa shape index (κ1) is 29.5. The highest BCUT2D eigenvalue weighted by atomic mass is 127. The van der Waals surface area contributed by atoms with Gasteiger partial charge in [-0.05, 0) is 79.4 Å². The molecule has 3 fully saturated rings. The van der Waals surface area contributed by atoms with Crippen molar-refractivity contribution in [1.82, 2.24) is 4.90 Å². The molecular formula is C31H55IN2O. The zero-order valence-corrected chi connectivity index (χ0v) is 26.4. The highest BCUT2D eigenvalue weighted by Gasteiger charge is 2.60. The van der Waals surface area contributed by atoms with Crippen molar-refractivity contribution in [2.45, 2.75) is 98.8 Å². The molecule has 0 spiro atoms. The van der Waals surface area contributed by atoms with Crippen molar-refractivity contribution in [3.63, 3.8) is 0 Å². The summed E-state index contributed by atoms with van der Waals surface area (Å²) in [4.78, 5) is 15.2. The van der Waals surface area contributed by atoms with Crippen LogP contribution in [0.5, 0.6) is 0 Å². The first-order chi connectivity index (χ1) is 15.9. The van der Waals surface area contributed by atoms with Gasteiger partial charge in [0.05, 0.1) is 34.2 Å². The lowest BCUT2D eigenvalue weighted by Crippen LogP contribution is -3.00. The van der Waals surface area contributed by atoms with Crippen LogP contribution in [0.2, 0.25) is 0 Å². The number of piperidine rings is 1. The van der Waals surface area contributed by atoms with Crippen LogP contribution in [0.4, 0.5) is 0 Å². The number of rotatable bonds is 8. The van der Waals surface area contributed by atoms with E-state index in [1.807, 2.05) is 0 Å². The molecule has 0 unspecified atom stereocenters. The second kappa shape index (κ2) is 10.9. The molecular weight excluding hydrogens is 543 g/mol. The molecule has 0 aromatic rings. The summed E-state index contributed by atoms with van der Waals surface area (Å²) >= 11 is 0. The third-order valence-electron chi connectivity index (χ3n) is 11.1. The molecule has 1 saturated heterocycles. The second-order valence-electron chi connectivity index (χ2n) is 14.7. The smallest absolute Gasteiger partial charge is 0.226 e. The number of carbonyl (C=O) groups excluding carboxylic acids is 1. The van der Waals surface area contributed by atoms with E-state index in [4.69, 9.17) is 0 Å². The number of amides is 1. The van der Waals surface area contributed by atoms with Gasteiger partial charge < -0.3 is 33.4 Å². The van der Waals surface area contributed by atoms with E-state index in [0.29, 0.717) is 11.3 Å². The number of likely N-dealkylation sites (tertiary alicyclic amines) is 1. The van der Waals surface area contributed by atoms with Gasteiger partial charge in [-0.2, -0.15) is 0 Å². The minimum atomic E-state index is 0. The Balaban J connectivity index is 0.00000342. The van der Waals surface area contributed by atoms with Gasteiger partial charge in [0.25, 0.3) is 0 Å². The van der Waals surface area contributed by atoms with Gasteiger partial charge in [-0.3, -0.25) is 4.79 Å². The number of allylic oxidation sites excluding steroid dienone is 2. The number of fused-ring (bicyclic) bond motifs is 5. The van der Waals surface area contributed by atoms with Crippen LogP contribution in [0.15, 0.2) is 11.8 Å². The standard InChI is InChI=1S/C31H55N2O.HI/c1-22(2)10-9-11-23(3)25-13-14-26-24-12-15-28-31(5,27(24)16-18-30(25,26)4)19-17-29(34)32(28)20-21-33(6,7)8;/h15,22-27H,9-14,16-21H2,1-8H3;1H/q+1;/p-1/t23-,24+,25-,26+,27+,30-,31-;/m1./s1. The van der Waals surface area contributed by atoms with Crippen LogP contribution in [0.3, 0.4) is 0 Å². The van der Waals surface area contributed by atoms with Gasteiger partial charge in [-0.1, -0.05) is 60.0 Å². The number of quaternary nitrogens is 1. The Hall–Kier alpha value is -0.100. The molecule has 1 heterocycles. The molecule has 1 aliphatic heterocycles. The predicted molar refractivity (Wildman–Crippen MR) is 143 cm³/mol. The first-order valence-corrected chi connectivity index (χ1v) is 14.7. The molecule has 3 aliphatic carbocycles. The molecule has 7 atom stereocenters. The summed E-state index contributed by atoms with van der Waals surface area (Å²) in [6.07, 6.45) is 15.5. The van der Waals surface area contributed by atoms with E-state index in [1.165, 1.54) is 57.1 Å². The highest BCUT2D eigenvalue weighted by Crippen LogP contribution is 2.67. The van der Waals surface area contributed by atoms with E-state index in [2.05, 4.69) is 66.7 Å². The van der Waals surface area contributed by atoms with Crippen LogP contribution < -0.4 is 24.0 Å². The van der Waals surface area contributed by atoms with Gasteiger partial charge in [0.1, 0.15) is 0 Å². The number of halogens is 1. The molecule has 0 bridgehead atoms.